The number of hydrogen-bond acceptors (Lipinski definition) is 3. The number of unbranched alkanes of at least 4 members (excludes halogenated alkanes) is 2. The number of rotatable bonds is 5. The first-order chi connectivity index (χ1) is 9.72. The van der Waals surface area contributed by atoms with Gasteiger partial charge < -0.3 is 9.73 Å². The molecule has 0 aliphatic carbocycles. The van der Waals surface area contributed by atoms with Crippen molar-refractivity contribution in [1.29, 1.82) is 0 Å². The predicted octanol–water partition coefficient (Wildman–Crippen LogP) is 2.33. The fourth-order valence-electron chi connectivity index (χ4n) is 1.86. The molecule has 0 radical (unpaired) electrons. The topological polar surface area (TPSA) is 59.3 Å². The molecule has 0 unspecified atom stereocenters. The highest BCUT2D eigenvalue weighted by Crippen LogP contribution is 2.11. The molecule has 2 rings (SSSR count). The maximum absolute atomic E-state index is 11.9. The lowest BCUT2D eigenvalue weighted by atomic mass is 10.2. The van der Waals surface area contributed by atoms with E-state index in [9.17, 15) is 9.59 Å². The maximum Gasteiger partial charge on any atom is 0.287 e. The van der Waals surface area contributed by atoms with Gasteiger partial charge in [0.1, 0.15) is 5.58 Å². The summed E-state index contributed by atoms with van der Waals surface area (Å²) in [5.41, 5.74) is 0.196. The lowest BCUT2D eigenvalue weighted by molar-refractivity contribution is 0.0926. The van der Waals surface area contributed by atoms with Gasteiger partial charge in [0.25, 0.3) is 5.91 Å². The zero-order valence-electron chi connectivity index (χ0n) is 11.0. The summed E-state index contributed by atoms with van der Waals surface area (Å²) in [4.78, 5) is 23.7. The van der Waals surface area contributed by atoms with Crippen molar-refractivity contribution in [2.75, 3.05) is 6.54 Å². The van der Waals surface area contributed by atoms with Crippen molar-refractivity contribution in [3.8, 4) is 12.3 Å². The second kappa shape index (κ2) is 6.58. The van der Waals surface area contributed by atoms with Gasteiger partial charge in [0.15, 0.2) is 11.2 Å². The molecule has 1 aromatic heterocycles. The summed E-state index contributed by atoms with van der Waals surface area (Å²) in [5.74, 6) is 2.19. The van der Waals surface area contributed by atoms with Crippen LogP contribution in [0.15, 0.2) is 39.5 Å². The number of para-hydroxylation sites is 1. The Labute approximate surface area is 116 Å². The summed E-state index contributed by atoms with van der Waals surface area (Å²) in [6.45, 7) is 0.511. The molecule has 0 aliphatic heterocycles. The standard InChI is InChI=1S/C16H15NO3/c1-2-3-4-7-10-17-16(19)15-11-13(18)12-8-5-6-9-14(12)20-15/h1,5-6,8-9,11H,3-4,7,10H2,(H,17,19). The Morgan fingerprint density at radius 3 is 2.90 bits per heavy atom. The van der Waals surface area contributed by atoms with E-state index in [-0.39, 0.29) is 17.1 Å². The van der Waals surface area contributed by atoms with Crippen LogP contribution >= 0.6 is 0 Å². The van der Waals surface area contributed by atoms with Crippen molar-refractivity contribution in [2.24, 2.45) is 0 Å². The van der Waals surface area contributed by atoms with Gasteiger partial charge in [-0.1, -0.05) is 12.1 Å². The summed E-state index contributed by atoms with van der Waals surface area (Å²) in [6, 6.07) is 8.07. The average Bonchev–Trinajstić information content (AvgIpc) is 2.47. The summed E-state index contributed by atoms with van der Waals surface area (Å²) < 4.78 is 5.44. The lowest BCUT2D eigenvalue weighted by Crippen LogP contribution is -2.25. The van der Waals surface area contributed by atoms with Crippen LogP contribution in [0.1, 0.15) is 29.8 Å². The Morgan fingerprint density at radius 1 is 1.30 bits per heavy atom. The molecule has 4 heteroatoms. The van der Waals surface area contributed by atoms with Crippen LogP contribution in [0.2, 0.25) is 0 Å². The lowest BCUT2D eigenvalue weighted by Gasteiger charge is -2.04. The van der Waals surface area contributed by atoms with Gasteiger partial charge in [-0.2, -0.15) is 0 Å². The fourth-order valence-corrected chi connectivity index (χ4v) is 1.86. The Morgan fingerprint density at radius 2 is 2.10 bits per heavy atom. The summed E-state index contributed by atoms with van der Waals surface area (Å²) in [6.07, 6.45) is 7.50. The molecule has 0 saturated heterocycles. The summed E-state index contributed by atoms with van der Waals surface area (Å²) >= 11 is 0. The molecule has 0 saturated carbocycles. The van der Waals surface area contributed by atoms with E-state index >= 15 is 0 Å². The third kappa shape index (κ3) is 3.27. The largest absolute Gasteiger partial charge is 0.451 e. The maximum atomic E-state index is 11.9. The van der Waals surface area contributed by atoms with Crippen LogP contribution in [0.4, 0.5) is 0 Å². The van der Waals surface area contributed by atoms with Crippen molar-refractivity contribution < 1.29 is 9.21 Å². The molecule has 0 spiro atoms. The number of carbonyl (C=O) groups is 1. The molecule has 1 heterocycles. The fraction of sp³-hybridized carbons (Fsp3) is 0.250. The SMILES string of the molecule is C#CCCCCNC(=O)c1cc(=O)c2ccccc2o1. The quantitative estimate of drug-likeness (QED) is 0.669. The summed E-state index contributed by atoms with van der Waals surface area (Å²) in [5, 5.41) is 3.18. The number of nitrogens with one attached hydrogen (secondary N) is 1. The second-order valence-electron chi connectivity index (χ2n) is 4.39. The summed E-state index contributed by atoms with van der Waals surface area (Å²) in [7, 11) is 0. The van der Waals surface area contributed by atoms with Gasteiger partial charge in [0.05, 0.1) is 5.39 Å². The molecule has 0 atom stereocenters. The van der Waals surface area contributed by atoms with Crippen LogP contribution in [0.25, 0.3) is 11.0 Å². The number of terminal acetylenes is 1. The van der Waals surface area contributed by atoms with E-state index in [1.807, 2.05) is 0 Å². The average molecular weight is 269 g/mol. The zero-order valence-corrected chi connectivity index (χ0v) is 11.0. The number of fused-ring (bicyclic) bond motifs is 1. The van der Waals surface area contributed by atoms with Crippen molar-refractivity contribution in [3.63, 3.8) is 0 Å². The van der Waals surface area contributed by atoms with E-state index in [1.54, 1.807) is 24.3 Å². The van der Waals surface area contributed by atoms with E-state index in [4.69, 9.17) is 10.8 Å². The third-order valence-corrected chi connectivity index (χ3v) is 2.89. The molecule has 20 heavy (non-hydrogen) atoms. The van der Waals surface area contributed by atoms with Gasteiger partial charge in [0, 0.05) is 19.0 Å². The van der Waals surface area contributed by atoms with E-state index in [1.165, 1.54) is 6.07 Å². The molecule has 0 aliphatic rings. The van der Waals surface area contributed by atoms with Gasteiger partial charge in [-0.3, -0.25) is 9.59 Å². The molecule has 1 amide bonds. The molecule has 1 aromatic carbocycles. The van der Waals surface area contributed by atoms with Crippen molar-refractivity contribution >= 4 is 16.9 Å². The van der Waals surface area contributed by atoms with E-state index in [0.717, 1.165) is 12.8 Å². The normalized spacial score (nSPS) is 10.2. The number of benzene rings is 1. The van der Waals surface area contributed by atoms with Crippen LogP contribution in [0, 0.1) is 12.3 Å². The minimum atomic E-state index is -0.381. The smallest absolute Gasteiger partial charge is 0.287 e. The number of carbonyl (C=O) groups excluding carboxylic acids is 1. The van der Waals surface area contributed by atoms with Crippen LogP contribution in [-0.4, -0.2) is 12.5 Å². The monoisotopic (exact) mass is 269 g/mol. The van der Waals surface area contributed by atoms with Crippen LogP contribution in [0.5, 0.6) is 0 Å². The Bertz CT molecular complexity index is 709. The van der Waals surface area contributed by atoms with Gasteiger partial charge in [-0.25, -0.2) is 0 Å². The van der Waals surface area contributed by atoms with Gasteiger partial charge in [-0.05, 0) is 25.0 Å². The Balaban J connectivity index is 2.07. The highest BCUT2D eigenvalue weighted by Gasteiger charge is 2.11. The van der Waals surface area contributed by atoms with E-state index < -0.39 is 0 Å². The van der Waals surface area contributed by atoms with Gasteiger partial charge >= 0.3 is 0 Å². The van der Waals surface area contributed by atoms with Crippen molar-refractivity contribution in [1.82, 2.24) is 5.32 Å². The first-order valence-electron chi connectivity index (χ1n) is 6.47. The Kier molecular flexibility index (Phi) is 4.56. The van der Waals surface area contributed by atoms with Crippen LogP contribution < -0.4 is 10.7 Å². The number of amides is 1. The van der Waals surface area contributed by atoms with Crippen LogP contribution in [0.3, 0.4) is 0 Å². The highest BCUT2D eigenvalue weighted by atomic mass is 16.3. The first kappa shape index (κ1) is 13.9. The number of hydrogen-bond donors (Lipinski definition) is 1. The Hall–Kier alpha value is -2.54. The molecule has 2 aromatic rings. The van der Waals surface area contributed by atoms with E-state index in [2.05, 4.69) is 11.2 Å². The highest BCUT2D eigenvalue weighted by molar-refractivity contribution is 5.93. The third-order valence-electron chi connectivity index (χ3n) is 2.89. The minimum absolute atomic E-state index is 0.0330. The molecular weight excluding hydrogens is 254 g/mol. The van der Waals surface area contributed by atoms with Crippen LogP contribution in [-0.2, 0) is 0 Å². The first-order valence-corrected chi connectivity index (χ1v) is 6.47. The molecule has 4 nitrogen and oxygen atoms in total. The van der Waals surface area contributed by atoms with Crippen molar-refractivity contribution in [2.45, 2.75) is 19.3 Å². The molecule has 0 fully saturated rings. The molecule has 1 N–H and O–H groups in total. The second-order valence-corrected chi connectivity index (χ2v) is 4.39. The molecule has 102 valence electrons. The molecule has 0 bridgehead atoms. The minimum Gasteiger partial charge on any atom is -0.451 e. The van der Waals surface area contributed by atoms with Crippen molar-refractivity contribution in [3.05, 3.63) is 46.3 Å². The van der Waals surface area contributed by atoms with Gasteiger partial charge in [0.2, 0.25) is 0 Å². The zero-order chi connectivity index (χ0) is 14.4. The molecular formula is C16H15NO3. The predicted molar refractivity (Wildman–Crippen MR) is 77.5 cm³/mol. The van der Waals surface area contributed by atoms with Gasteiger partial charge in [-0.15, -0.1) is 12.3 Å². The van der Waals surface area contributed by atoms with E-state index in [0.29, 0.717) is 23.9 Å².